The summed E-state index contributed by atoms with van der Waals surface area (Å²) in [6.07, 6.45) is 5.06. The fraction of sp³-hybridized carbons (Fsp3) is 0.692. The number of nitrogens with zero attached hydrogens (tertiary/aromatic N) is 4. The molecular formula is C13H21N5. The third kappa shape index (κ3) is 2.21. The van der Waals surface area contributed by atoms with Crippen molar-refractivity contribution in [1.29, 1.82) is 0 Å². The molecule has 2 aliphatic heterocycles. The number of anilines is 3. The van der Waals surface area contributed by atoms with Gasteiger partial charge < -0.3 is 15.1 Å². The van der Waals surface area contributed by atoms with Crippen molar-refractivity contribution in [2.75, 3.05) is 48.3 Å². The van der Waals surface area contributed by atoms with Crippen LogP contribution in [-0.2, 0) is 0 Å². The predicted octanol–water partition coefficient (Wildman–Crippen LogP) is 1.72. The average Bonchev–Trinajstić information content (AvgIpc) is 3.10. The molecular weight excluding hydrogens is 228 g/mol. The van der Waals surface area contributed by atoms with E-state index in [0.29, 0.717) is 0 Å². The zero-order chi connectivity index (χ0) is 12.4. The van der Waals surface area contributed by atoms with E-state index < -0.39 is 0 Å². The van der Waals surface area contributed by atoms with Crippen molar-refractivity contribution in [1.82, 2.24) is 9.97 Å². The molecule has 0 unspecified atom stereocenters. The summed E-state index contributed by atoms with van der Waals surface area (Å²) in [7, 11) is 1.92. The van der Waals surface area contributed by atoms with E-state index in [1.165, 1.54) is 25.7 Å². The maximum absolute atomic E-state index is 4.75. The SMILES string of the molecule is CNc1cc(N2CCCC2)n[14c](N2CCCC2)n1. The Kier molecular flexibility index (Phi) is 3.21. The molecule has 18 heavy (non-hydrogen) atoms. The molecule has 2 aliphatic rings. The molecule has 1 N–H and O–H groups in total. The zero-order valence-electron chi connectivity index (χ0n) is 11.0. The van der Waals surface area contributed by atoms with E-state index in [2.05, 4.69) is 26.2 Å². The fourth-order valence-electron chi connectivity index (χ4n) is 2.72. The lowest BCUT2D eigenvalue weighted by Crippen LogP contribution is -2.24. The topological polar surface area (TPSA) is 44.3 Å². The summed E-state index contributed by atoms with van der Waals surface area (Å²) >= 11 is 0. The molecule has 2 saturated heterocycles. The normalized spacial score (nSPS) is 19.6. The van der Waals surface area contributed by atoms with Crippen LogP contribution in [0.5, 0.6) is 0 Å². The van der Waals surface area contributed by atoms with Crippen molar-refractivity contribution >= 4 is 17.6 Å². The molecule has 5 nitrogen and oxygen atoms in total. The van der Waals surface area contributed by atoms with Gasteiger partial charge in [0.25, 0.3) is 0 Å². The summed E-state index contributed by atoms with van der Waals surface area (Å²) in [5.74, 6) is 2.89. The molecule has 0 aromatic carbocycles. The lowest BCUT2D eigenvalue weighted by molar-refractivity contribution is 0.872. The van der Waals surface area contributed by atoms with Crippen molar-refractivity contribution in [3.8, 4) is 0 Å². The molecule has 2 fully saturated rings. The Bertz CT molecular complexity index is 374. The quantitative estimate of drug-likeness (QED) is 0.883. The summed E-state index contributed by atoms with van der Waals surface area (Å²) in [4.78, 5) is 14.0. The first-order valence-corrected chi connectivity index (χ1v) is 6.93. The van der Waals surface area contributed by atoms with Crippen LogP contribution in [0.3, 0.4) is 0 Å². The summed E-state index contributed by atoms with van der Waals surface area (Å²) in [6, 6.07) is 2.06. The van der Waals surface area contributed by atoms with Crippen molar-refractivity contribution in [3.63, 3.8) is 0 Å². The van der Waals surface area contributed by atoms with Gasteiger partial charge in [0.2, 0.25) is 5.95 Å². The van der Waals surface area contributed by atoms with E-state index in [4.69, 9.17) is 4.98 Å². The molecule has 98 valence electrons. The van der Waals surface area contributed by atoms with Gasteiger partial charge in [-0.3, -0.25) is 0 Å². The van der Waals surface area contributed by atoms with Crippen LogP contribution in [-0.4, -0.2) is 43.2 Å². The molecule has 3 rings (SSSR count). The molecule has 1 aromatic rings. The Balaban J connectivity index is 1.90. The fourth-order valence-corrected chi connectivity index (χ4v) is 2.72. The van der Waals surface area contributed by atoms with Gasteiger partial charge in [-0.25, -0.2) is 0 Å². The van der Waals surface area contributed by atoms with Gasteiger partial charge in [-0.15, -0.1) is 0 Å². The van der Waals surface area contributed by atoms with Crippen LogP contribution in [0.1, 0.15) is 25.7 Å². The van der Waals surface area contributed by atoms with Gasteiger partial charge in [-0.05, 0) is 25.7 Å². The Morgan fingerprint density at radius 2 is 1.72 bits per heavy atom. The number of hydrogen-bond donors (Lipinski definition) is 1. The zero-order valence-corrected chi connectivity index (χ0v) is 11.0. The van der Waals surface area contributed by atoms with Gasteiger partial charge in [0.15, 0.2) is 0 Å². The van der Waals surface area contributed by atoms with Crippen LogP contribution in [0.15, 0.2) is 6.07 Å². The molecule has 5 heteroatoms. The molecule has 0 spiro atoms. The first-order valence-electron chi connectivity index (χ1n) is 6.93. The van der Waals surface area contributed by atoms with E-state index in [0.717, 1.165) is 43.8 Å². The molecule has 1 aromatic heterocycles. The number of aromatic nitrogens is 2. The molecule has 0 aliphatic carbocycles. The van der Waals surface area contributed by atoms with Gasteiger partial charge in [-0.2, -0.15) is 9.97 Å². The van der Waals surface area contributed by atoms with Crippen molar-refractivity contribution in [3.05, 3.63) is 6.07 Å². The summed E-state index contributed by atoms with van der Waals surface area (Å²) in [5, 5.41) is 3.15. The second-order valence-corrected chi connectivity index (χ2v) is 5.05. The Morgan fingerprint density at radius 1 is 1.06 bits per heavy atom. The van der Waals surface area contributed by atoms with Crippen LogP contribution >= 0.6 is 0 Å². The second kappa shape index (κ2) is 5.00. The Labute approximate surface area is 108 Å². The first kappa shape index (κ1) is 11.6. The van der Waals surface area contributed by atoms with E-state index in [9.17, 15) is 0 Å². The van der Waals surface area contributed by atoms with Crippen molar-refractivity contribution in [2.45, 2.75) is 25.7 Å². The monoisotopic (exact) mass is 249 g/mol. The first-order chi connectivity index (χ1) is 8.86. The minimum Gasteiger partial charge on any atom is -0.373 e. The molecule has 0 saturated carbocycles. The van der Waals surface area contributed by atoms with Gasteiger partial charge in [-0.1, -0.05) is 0 Å². The summed E-state index contributed by atoms with van der Waals surface area (Å²) < 4.78 is 0. The molecule has 0 radical (unpaired) electrons. The number of nitrogens with one attached hydrogen (secondary N) is 1. The third-order valence-corrected chi connectivity index (χ3v) is 3.78. The minimum atomic E-state index is 0.890. The molecule has 0 amide bonds. The van der Waals surface area contributed by atoms with Crippen molar-refractivity contribution in [2.24, 2.45) is 0 Å². The van der Waals surface area contributed by atoms with Crippen LogP contribution in [0.4, 0.5) is 17.6 Å². The van der Waals surface area contributed by atoms with E-state index in [-0.39, 0.29) is 0 Å². The Hall–Kier alpha value is -1.52. The van der Waals surface area contributed by atoms with Crippen LogP contribution in [0.25, 0.3) is 0 Å². The molecule has 3 heterocycles. The average molecular weight is 249 g/mol. The standard InChI is InChI=1S/C13H21N5/c1-14-11-10-12(17-6-2-3-7-17)16-13(15-11)18-8-4-5-9-18/h10H,2-9H2,1H3,(H,14,15,16)/i13+2. The highest BCUT2D eigenvalue weighted by atomic mass is 15.8. The summed E-state index contributed by atoms with van der Waals surface area (Å²) in [5.41, 5.74) is 0. The van der Waals surface area contributed by atoms with E-state index in [1.807, 2.05) is 7.05 Å². The largest absolute Gasteiger partial charge is 0.373 e. The number of rotatable bonds is 3. The lowest BCUT2D eigenvalue weighted by Gasteiger charge is -2.21. The predicted molar refractivity (Wildman–Crippen MR) is 74.5 cm³/mol. The van der Waals surface area contributed by atoms with Crippen LogP contribution in [0.2, 0.25) is 0 Å². The highest BCUT2D eigenvalue weighted by Gasteiger charge is 2.19. The van der Waals surface area contributed by atoms with Gasteiger partial charge >= 0.3 is 0 Å². The van der Waals surface area contributed by atoms with E-state index >= 15 is 0 Å². The number of hydrogen-bond acceptors (Lipinski definition) is 5. The Morgan fingerprint density at radius 3 is 2.39 bits per heavy atom. The second-order valence-electron chi connectivity index (χ2n) is 5.05. The maximum Gasteiger partial charge on any atom is 0.229 e. The highest BCUT2D eigenvalue weighted by molar-refractivity contribution is 5.54. The summed E-state index contributed by atoms with van der Waals surface area (Å²) in [6.45, 7) is 4.43. The lowest BCUT2D eigenvalue weighted by atomic mass is 10.4. The smallest absolute Gasteiger partial charge is 0.229 e. The third-order valence-electron chi connectivity index (χ3n) is 3.78. The van der Waals surface area contributed by atoms with Gasteiger partial charge in [0.1, 0.15) is 11.6 Å². The highest BCUT2D eigenvalue weighted by Crippen LogP contribution is 2.25. The van der Waals surface area contributed by atoms with Gasteiger partial charge in [0.05, 0.1) is 0 Å². The minimum absolute atomic E-state index is 0.890. The maximum atomic E-state index is 4.75. The van der Waals surface area contributed by atoms with Crippen molar-refractivity contribution < 1.29 is 0 Å². The van der Waals surface area contributed by atoms with Crippen LogP contribution in [0, 0.1) is 0 Å². The van der Waals surface area contributed by atoms with Crippen LogP contribution < -0.4 is 15.1 Å². The molecule has 0 bridgehead atoms. The van der Waals surface area contributed by atoms with Gasteiger partial charge in [0, 0.05) is 39.3 Å². The molecule has 0 atom stereocenters. The van der Waals surface area contributed by atoms with E-state index in [1.54, 1.807) is 0 Å².